The van der Waals surface area contributed by atoms with E-state index < -0.39 is 5.82 Å². The molecule has 168 valence electrons. The van der Waals surface area contributed by atoms with Crippen molar-refractivity contribution in [3.63, 3.8) is 0 Å². The number of nitrogens with one attached hydrogen (secondary N) is 1. The number of halogens is 2. The number of aromatic nitrogens is 1. The number of fused-ring (bicyclic) bond motifs is 1. The van der Waals surface area contributed by atoms with Crippen molar-refractivity contribution < 1.29 is 19.8 Å². The van der Waals surface area contributed by atoms with Crippen LogP contribution in [0, 0.1) is 18.6 Å². The number of hydrogen-bond donors (Lipinski definition) is 1. The number of H-pyrrole nitrogens is 1. The number of carbonyl (C=O) groups excluding carboxylic acids is 2. The van der Waals surface area contributed by atoms with Gasteiger partial charge in [-0.1, -0.05) is 12.1 Å². The fourth-order valence-electron chi connectivity index (χ4n) is 4.21. The van der Waals surface area contributed by atoms with Crippen molar-refractivity contribution in [1.29, 1.82) is 0 Å². The Labute approximate surface area is 186 Å². The van der Waals surface area contributed by atoms with E-state index in [9.17, 15) is 14.0 Å². The van der Waals surface area contributed by atoms with Crippen LogP contribution in [0.5, 0.6) is 0 Å². The molecule has 32 heavy (non-hydrogen) atoms. The molecule has 0 atom stereocenters. The van der Waals surface area contributed by atoms with E-state index >= 15 is 4.39 Å². The average Bonchev–Trinajstić information content (AvgIpc) is 3.20. The van der Waals surface area contributed by atoms with Crippen LogP contribution < -0.4 is 0 Å². The zero-order chi connectivity index (χ0) is 23.2. The molecule has 0 saturated heterocycles. The summed E-state index contributed by atoms with van der Waals surface area (Å²) in [4.78, 5) is 30.5. The van der Waals surface area contributed by atoms with Crippen LogP contribution in [0.3, 0.4) is 0 Å². The predicted molar refractivity (Wildman–Crippen MR) is 123 cm³/mol. The molecule has 5 nitrogen and oxygen atoms in total. The van der Waals surface area contributed by atoms with E-state index in [0.29, 0.717) is 47.2 Å². The Kier molecular flexibility index (Phi) is 5.59. The molecule has 0 spiro atoms. The fraction of sp³-hybridized carbons (Fsp3) is 0.280. The lowest BCUT2D eigenvalue weighted by atomic mass is 9.91. The second-order valence-corrected chi connectivity index (χ2v) is 8.37. The Bertz CT molecular complexity index is 1280. The third-order valence-electron chi connectivity index (χ3n) is 5.91. The maximum atomic E-state index is 15.8. The monoisotopic (exact) mass is 439 g/mol. The molecular weight excluding hydrogens is 412 g/mol. The summed E-state index contributed by atoms with van der Waals surface area (Å²) in [6.07, 6.45) is 2.58. The van der Waals surface area contributed by atoms with Crippen molar-refractivity contribution in [2.45, 2.75) is 20.3 Å². The number of carbonyl (C=O) groups is 2. The highest BCUT2D eigenvalue weighted by Crippen LogP contribution is 2.38. The molecular formula is C25H27F2N3O2. The Morgan fingerprint density at radius 3 is 2.50 bits per heavy atom. The number of amides is 2. The third kappa shape index (κ3) is 3.79. The second kappa shape index (κ2) is 8.22. The van der Waals surface area contributed by atoms with Gasteiger partial charge in [0.2, 0.25) is 5.91 Å². The van der Waals surface area contributed by atoms with Crippen molar-refractivity contribution in [3.8, 4) is 11.1 Å². The van der Waals surface area contributed by atoms with Gasteiger partial charge in [-0.2, -0.15) is 0 Å². The molecule has 0 aliphatic carbocycles. The summed E-state index contributed by atoms with van der Waals surface area (Å²) < 4.78 is 29.5. The summed E-state index contributed by atoms with van der Waals surface area (Å²) >= 11 is 0. The van der Waals surface area contributed by atoms with Crippen LogP contribution in [0.25, 0.3) is 27.6 Å². The average molecular weight is 440 g/mol. The van der Waals surface area contributed by atoms with Gasteiger partial charge in [-0.15, -0.1) is 0 Å². The Hall–Kier alpha value is -3.48. The largest absolute Gasteiger partial charge is 0.348 e. The normalized spacial score (nSPS) is 13.9. The predicted octanol–water partition coefficient (Wildman–Crippen LogP) is 5.00. The minimum Gasteiger partial charge on any atom is -0.348 e. The molecule has 0 bridgehead atoms. The van der Waals surface area contributed by atoms with Crippen LogP contribution in [-0.2, 0) is 4.79 Å². The first-order chi connectivity index (χ1) is 15.2. The lowest BCUT2D eigenvalue weighted by molar-refractivity contribution is -0.128. The van der Waals surface area contributed by atoms with Gasteiger partial charge in [0.15, 0.2) is 5.82 Å². The first-order valence-electron chi connectivity index (χ1n) is 10.5. The lowest BCUT2D eigenvalue weighted by Crippen LogP contribution is -2.33. The molecule has 2 amide bonds. The van der Waals surface area contributed by atoms with Crippen molar-refractivity contribution >= 4 is 28.3 Å². The van der Waals surface area contributed by atoms with Crippen molar-refractivity contribution in [3.05, 3.63) is 64.9 Å². The van der Waals surface area contributed by atoms with Gasteiger partial charge >= 0.3 is 0 Å². The lowest BCUT2D eigenvalue weighted by Gasteiger charge is -2.27. The maximum absolute atomic E-state index is 15.8. The van der Waals surface area contributed by atoms with Crippen LogP contribution >= 0.6 is 0 Å². The van der Waals surface area contributed by atoms with E-state index in [2.05, 4.69) is 4.98 Å². The van der Waals surface area contributed by atoms with Gasteiger partial charge in [-0.3, -0.25) is 9.59 Å². The van der Waals surface area contributed by atoms with E-state index in [1.807, 2.05) is 6.08 Å². The van der Waals surface area contributed by atoms with Crippen LogP contribution in [0.15, 0.2) is 36.4 Å². The highest BCUT2D eigenvalue weighted by Gasteiger charge is 2.24. The van der Waals surface area contributed by atoms with E-state index in [1.165, 1.54) is 24.0 Å². The number of rotatable bonds is 3. The van der Waals surface area contributed by atoms with Crippen molar-refractivity contribution in [1.82, 2.24) is 14.8 Å². The van der Waals surface area contributed by atoms with Gasteiger partial charge in [-0.05, 0) is 59.9 Å². The van der Waals surface area contributed by atoms with Gasteiger partial charge in [0, 0.05) is 46.5 Å². The number of aryl methyl sites for hydroxylation is 1. The highest BCUT2D eigenvalue weighted by molar-refractivity contribution is 6.04. The summed E-state index contributed by atoms with van der Waals surface area (Å²) in [6.45, 7) is 4.20. The molecule has 7 heteroatoms. The van der Waals surface area contributed by atoms with Crippen LogP contribution in [0.4, 0.5) is 8.78 Å². The molecule has 2 aromatic carbocycles. The third-order valence-corrected chi connectivity index (χ3v) is 5.91. The molecule has 0 unspecified atom stereocenters. The first-order valence-corrected chi connectivity index (χ1v) is 10.5. The minimum absolute atomic E-state index is 0. The smallest absolute Gasteiger partial charge is 0.269 e. The van der Waals surface area contributed by atoms with Crippen molar-refractivity contribution in [2.75, 3.05) is 27.2 Å². The zero-order valence-electron chi connectivity index (χ0n) is 18.6. The Balaban J connectivity index is 0.00000306. The van der Waals surface area contributed by atoms with Crippen molar-refractivity contribution in [2.24, 2.45) is 0 Å². The van der Waals surface area contributed by atoms with Crippen LogP contribution in [0.2, 0.25) is 0 Å². The SMILES string of the molecule is CC(=O)N1CCC=C(c2cc(-c3ccc(F)cc3C)c3cc(C(=O)N(C)C)[nH]c3c2F)C1.[HH]. The maximum Gasteiger partial charge on any atom is 0.269 e. The molecule has 0 fully saturated rings. The van der Waals surface area contributed by atoms with E-state index in [0.717, 1.165) is 5.56 Å². The number of nitrogens with zero attached hydrogens (tertiary/aromatic N) is 2. The molecule has 1 aromatic heterocycles. The van der Waals surface area contributed by atoms with Gasteiger partial charge in [0.05, 0.1) is 5.52 Å². The van der Waals surface area contributed by atoms with Gasteiger partial charge in [-0.25, -0.2) is 8.78 Å². The second-order valence-electron chi connectivity index (χ2n) is 8.37. The fourth-order valence-corrected chi connectivity index (χ4v) is 4.21. The van der Waals surface area contributed by atoms with Gasteiger partial charge in [0.1, 0.15) is 11.5 Å². The molecule has 3 aromatic rings. The molecule has 0 saturated carbocycles. The zero-order valence-corrected chi connectivity index (χ0v) is 18.6. The summed E-state index contributed by atoms with van der Waals surface area (Å²) in [5.74, 6) is -1.17. The highest BCUT2D eigenvalue weighted by atomic mass is 19.1. The summed E-state index contributed by atoms with van der Waals surface area (Å²) in [5, 5.41) is 0.547. The van der Waals surface area contributed by atoms with E-state index in [1.54, 1.807) is 44.1 Å². The van der Waals surface area contributed by atoms with Crippen LogP contribution in [-0.4, -0.2) is 53.8 Å². The number of aromatic amines is 1. The quantitative estimate of drug-likeness (QED) is 0.624. The molecule has 2 heterocycles. The summed E-state index contributed by atoms with van der Waals surface area (Å²) in [5.41, 5.74) is 3.71. The van der Waals surface area contributed by atoms with Gasteiger partial charge < -0.3 is 14.8 Å². The number of benzene rings is 2. The van der Waals surface area contributed by atoms with E-state index in [-0.39, 0.29) is 30.3 Å². The molecule has 1 N–H and O–H groups in total. The van der Waals surface area contributed by atoms with Gasteiger partial charge in [0.25, 0.3) is 5.91 Å². The molecule has 1 aliphatic heterocycles. The Morgan fingerprint density at radius 1 is 1.09 bits per heavy atom. The summed E-state index contributed by atoms with van der Waals surface area (Å²) in [6, 6.07) is 7.84. The standard InChI is InChI=1S/C25H25F2N3O2.H2/c1-14-10-17(26)7-8-18(14)20-11-19(16-6-5-9-30(13-16)15(2)31)23(27)24-21(20)12-22(28-24)25(32)29(3)4;/h6-8,10-12,28H,5,9,13H2,1-4H3;1H. The number of hydrogen-bond acceptors (Lipinski definition) is 2. The first kappa shape index (κ1) is 21.7. The molecule has 0 radical (unpaired) electrons. The Morgan fingerprint density at radius 2 is 1.84 bits per heavy atom. The van der Waals surface area contributed by atoms with E-state index in [4.69, 9.17) is 0 Å². The molecule has 1 aliphatic rings. The molecule has 4 rings (SSSR count). The van der Waals surface area contributed by atoms with Crippen LogP contribution in [0.1, 0.15) is 36.4 Å². The minimum atomic E-state index is -0.474. The topological polar surface area (TPSA) is 56.4 Å². The summed E-state index contributed by atoms with van der Waals surface area (Å²) in [7, 11) is 3.26.